The lowest BCUT2D eigenvalue weighted by Gasteiger charge is -2.13. The third-order valence-corrected chi connectivity index (χ3v) is 3.15. The first kappa shape index (κ1) is 18.1. The van der Waals surface area contributed by atoms with E-state index in [1.807, 2.05) is 0 Å². The Morgan fingerprint density at radius 3 is 2.50 bits per heavy atom. The zero-order valence-electron chi connectivity index (χ0n) is 13.4. The van der Waals surface area contributed by atoms with Crippen molar-refractivity contribution in [1.29, 1.82) is 0 Å². The highest BCUT2D eigenvalue weighted by Crippen LogP contribution is 2.37. The fourth-order valence-corrected chi connectivity index (χ4v) is 2.23. The van der Waals surface area contributed by atoms with Gasteiger partial charge in [0.15, 0.2) is 11.6 Å². The first-order valence-corrected chi connectivity index (χ1v) is 7.41. The molecule has 1 aromatic carbocycles. The van der Waals surface area contributed by atoms with E-state index >= 15 is 0 Å². The Bertz CT molecular complexity index is 750. The fraction of sp³-hybridized carbons (Fsp3) is 0.438. The summed E-state index contributed by atoms with van der Waals surface area (Å²) in [5.74, 6) is -1.13. The van der Waals surface area contributed by atoms with E-state index in [0.29, 0.717) is 17.1 Å². The van der Waals surface area contributed by atoms with Gasteiger partial charge in [0, 0.05) is 5.39 Å². The molecule has 24 heavy (non-hydrogen) atoms. The molecule has 0 N–H and O–H groups in total. The minimum Gasteiger partial charge on any atom is -0.488 e. The number of alkyl halides is 3. The predicted molar refractivity (Wildman–Crippen MR) is 79.7 cm³/mol. The Labute approximate surface area is 136 Å². The number of ether oxygens (including phenoxy) is 2. The largest absolute Gasteiger partial charge is 0.488 e. The van der Waals surface area contributed by atoms with Crippen molar-refractivity contribution in [3.8, 4) is 5.75 Å². The normalized spacial score (nSPS) is 12.0. The van der Waals surface area contributed by atoms with Crippen LogP contribution in [-0.4, -0.2) is 23.4 Å². The van der Waals surface area contributed by atoms with Gasteiger partial charge in [-0.1, -0.05) is 6.92 Å². The van der Waals surface area contributed by atoms with Gasteiger partial charge in [0.05, 0.1) is 18.2 Å². The van der Waals surface area contributed by atoms with Crippen LogP contribution in [-0.2, 0) is 10.9 Å². The Kier molecular flexibility index (Phi) is 5.05. The molecule has 0 saturated heterocycles. The molecule has 1 heterocycles. The van der Waals surface area contributed by atoms with E-state index < -0.39 is 23.8 Å². The maximum Gasteiger partial charge on any atom is 0.432 e. The lowest BCUT2D eigenvalue weighted by atomic mass is 10.2. The number of benzene rings is 1. The van der Waals surface area contributed by atoms with Crippen LogP contribution < -0.4 is 4.74 Å². The predicted octanol–water partition coefficient (Wildman–Crippen LogP) is 4.98. The Balaban J connectivity index is 2.65. The summed E-state index contributed by atoms with van der Waals surface area (Å²) < 4.78 is 64.5. The van der Waals surface area contributed by atoms with Crippen LogP contribution >= 0.6 is 0 Å². The van der Waals surface area contributed by atoms with Crippen molar-refractivity contribution >= 4 is 17.0 Å². The number of rotatable bonds is 4. The topological polar surface area (TPSA) is 40.5 Å². The molecular formula is C16H17F4NO3. The number of carbonyl (C=O) groups is 1. The molecule has 0 fully saturated rings. The first-order valence-electron chi connectivity index (χ1n) is 7.41. The number of carbonyl (C=O) groups excluding carboxylic acids is 1. The maximum absolute atomic E-state index is 14.5. The van der Waals surface area contributed by atoms with Gasteiger partial charge in [0.25, 0.3) is 0 Å². The zero-order chi connectivity index (χ0) is 18.1. The standard InChI is InChI=1S/C16H17F4NO3/c1-4-7-23-15(22)21-11-5-6-12(24-9(2)3)14(17)10(11)8-13(21)16(18,19)20/h5-6,8-9H,4,7H2,1-3H3. The van der Waals surface area contributed by atoms with E-state index in [0.717, 1.165) is 0 Å². The van der Waals surface area contributed by atoms with E-state index in [9.17, 15) is 22.4 Å². The second kappa shape index (κ2) is 6.70. The zero-order valence-corrected chi connectivity index (χ0v) is 13.4. The molecule has 0 unspecified atom stereocenters. The Morgan fingerprint density at radius 2 is 1.96 bits per heavy atom. The molecule has 0 aliphatic carbocycles. The molecule has 0 spiro atoms. The molecule has 0 radical (unpaired) electrons. The average Bonchev–Trinajstić information content (AvgIpc) is 2.87. The van der Waals surface area contributed by atoms with Crippen LogP contribution in [0.1, 0.15) is 32.9 Å². The van der Waals surface area contributed by atoms with E-state index in [1.54, 1.807) is 20.8 Å². The van der Waals surface area contributed by atoms with Crippen molar-refractivity contribution in [3.63, 3.8) is 0 Å². The summed E-state index contributed by atoms with van der Waals surface area (Å²) in [4.78, 5) is 12.0. The van der Waals surface area contributed by atoms with Crippen LogP contribution in [0.3, 0.4) is 0 Å². The number of halogens is 4. The summed E-state index contributed by atoms with van der Waals surface area (Å²) in [5.41, 5.74) is -1.52. The van der Waals surface area contributed by atoms with E-state index in [2.05, 4.69) is 0 Å². The van der Waals surface area contributed by atoms with Gasteiger partial charge < -0.3 is 9.47 Å². The van der Waals surface area contributed by atoms with Crippen molar-refractivity contribution in [1.82, 2.24) is 4.57 Å². The van der Waals surface area contributed by atoms with Gasteiger partial charge in [-0.2, -0.15) is 13.2 Å². The van der Waals surface area contributed by atoms with Gasteiger partial charge >= 0.3 is 12.3 Å². The van der Waals surface area contributed by atoms with Crippen molar-refractivity contribution in [2.24, 2.45) is 0 Å². The molecule has 8 heteroatoms. The lowest BCUT2D eigenvalue weighted by Crippen LogP contribution is -2.21. The molecule has 2 rings (SSSR count). The first-order chi connectivity index (χ1) is 11.2. The molecule has 132 valence electrons. The smallest absolute Gasteiger partial charge is 0.432 e. The molecule has 4 nitrogen and oxygen atoms in total. The molecular weight excluding hydrogens is 330 g/mol. The maximum atomic E-state index is 14.5. The second-order valence-corrected chi connectivity index (χ2v) is 5.45. The number of hydrogen-bond acceptors (Lipinski definition) is 3. The molecule has 0 aliphatic heterocycles. The minimum atomic E-state index is -4.84. The van der Waals surface area contributed by atoms with E-state index in [-0.39, 0.29) is 29.4 Å². The van der Waals surface area contributed by atoms with Crippen molar-refractivity contribution in [3.05, 3.63) is 29.7 Å². The van der Waals surface area contributed by atoms with E-state index in [1.165, 1.54) is 12.1 Å². The molecule has 0 saturated carbocycles. The van der Waals surface area contributed by atoms with Gasteiger partial charge in [-0.25, -0.2) is 13.8 Å². The van der Waals surface area contributed by atoms with Crippen LogP contribution in [0.2, 0.25) is 0 Å². The minimum absolute atomic E-state index is 0.0349. The van der Waals surface area contributed by atoms with Gasteiger partial charge in [-0.05, 0) is 38.5 Å². The molecule has 0 atom stereocenters. The van der Waals surface area contributed by atoms with Crippen LogP contribution in [0.25, 0.3) is 10.9 Å². The third-order valence-electron chi connectivity index (χ3n) is 3.15. The number of hydrogen-bond donors (Lipinski definition) is 0. The summed E-state index contributed by atoms with van der Waals surface area (Å²) in [7, 11) is 0. The van der Waals surface area contributed by atoms with Gasteiger partial charge in [0.2, 0.25) is 0 Å². The highest BCUT2D eigenvalue weighted by atomic mass is 19.4. The second-order valence-electron chi connectivity index (χ2n) is 5.45. The summed E-state index contributed by atoms with van der Waals surface area (Å²) >= 11 is 0. The number of nitrogens with zero attached hydrogens (tertiary/aromatic N) is 1. The summed E-state index contributed by atoms with van der Waals surface area (Å²) in [6.45, 7) is 5.00. The molecule has 0 amide bonds. The Hall–Kier alpha value is -2.25. The summed E-state index contributed by atoms with van der Waals surface area (Å²) in [5, 5.41) is -0.353. The SMILES string of the molecule is CCCOC(=O)n1c(C(F)(F)F)cc2c(F)c(OC(C)C)ccc21. The third kappa shape index (κ3) is 3.47. The summed E-state index contributed by atoms with van der Waals surface area (Å²) in [6, 6.07) is 2.99. The monoisotopic (exact) mass is 347 g/mol. The highest BCUT2D eigenvalue weighted by Gasteiger charge is 2.38. The van der Waals surface area contributed by atoms with Crippen LogP contribution in [0.15, 0.2) is 18.2 Å². The fourth-order valence-electron chi connectivity index (χ4n) is 2.23. The van der Waals surface area contributed by atoms with Gasteiger partial charge in [-0.15, -0.1) is 0 Å². The quantitative estimate of drug-likeness (QED) is 0.732. The van der Waals surface area contributed by atoms with Crippen LogP contribution in [0.4, 0.5) is 22.4 Å². The van der Waals surface area contributed by atoms with Crippen molar-refractivity contribution in [2.45, 2.75) is 39.5 Å². The van der Waals surface area contributed by atoms with Crippen LogP contribution in [0.5, 0.6) is 5.75 Å². The molecule has 1 aromatic heterocycles. The van der Waals surface area contributed by atoms with Crippen molar-refractivity contribution in [2.75, 3.05) is 6.61 Å². The van der Waals surface area contributed by atoms with Crippen molar-refractivity contribution < 1.29 is 31.8 Å². The highest BCUT2D eigenvalue weighted by molar-refractivity contribution is 5.92. The van der Waals surface area contributed by atoms with Gasteiger partial charge in [-0.3, -0.25) is 0 Å². The Morgan fingerprint density at radius 1 is 1.29 bits per heavy atom. The van der Waals surface area contributed by atoms with Gasteiger partial charge in [0.1, 0.15) is 5.69 Å². The molecule has 0 aliphatic rings. The number of fused-ring (bicyclic) bond motifs is 1. The molecule has 0 bridgehead atoms. The van der Waals surface area contributed by atoms with E-state index in [4.69, 9.17) is 9.47 Å². The average molecular weight is 347 g/mol. The molecule has 2 aromatic rings. The lowest BCUT2D eigenvalue weighted by molar-refractivity contribution is -0.142. The van der Waals surface area contributed by atoms with Crippen LogP contribution in [0, 0.1) is 5.82 Å². The summed E-state index contributed by atoms with van der Waals surface area (Å²) in [6.07, 6.45) is -5.94. The number of aromatic nitrogens is 1.